The highest BCUT2D eigenvalue weighted by molar-refractivity contribution is 6.02. The summed E-state index contributed by atoms with van der Waals surface area (Å²) < 4.78 is 45.6. The van der Waals surface area contributed by atoms with E-state index in [1.807, 2.05) is 0 Å². The molecule has 1 amide bonds. The van der Waals surface area contributed by atoms with Gasteiger partial charge in [0.05, 0.1) is 23.8 Å². The van der Waals surface area contributed by atoms with Gasteiger partial charge in [0.1, 0.15) is 36.2 Å². The van der Waals surface area contributed by atoms with Crippen LogP contribution in [0.2, 0.25) is 0 Å². The number of nitro benzene ring substituents is 1. The van der Waals surface area contributed by atoms with Crippen LogP contribution in [0.1, 0.15) is 16.3 Å². The molecule has 1 aromatic heterocycles. The van der Waals surface area contributed by atoms with Crippen LogP contribution in [0.5, 0.6) is 17.2 Å². The Bertz CT molecular complexity index is 1080. The molecule has 1 N–H and O–H groups in total. The van der Waals surface area contributed by atoms with Gasteiger partial charge in [0.15, 0.2) is 5.76 Å². The van der Waals surface area contributed by atoms with Crippen LogP contribution in [-0.2, 0) is 6.61 Å². The molecule has 0 spiro atoms. The molecule has 2 aromatic carbocycles. The number of alkyl halides is 2. The van der Waals surface area contributed by atoms with Gasteiger partial charge in [-0.15, -0.1) is 0 Å². The van der Waals surface area contributed by atoms with E-state index < -0.39 is 29.6 Å². The summed E-state index contributed by atoms with van der Waals surface area (Å²) in [6.07, 6.45) is -2.76. The Morgan fingerprint density at radius 2 is 1.78 bits per heavy atom. The lowest BCUT2D eigenvalue weighted by molar-refractivity contribution is -0.384. The minimum absolute atomic E-state index is 0.0131. The van der Waals surface area contributed by atoms with Crippen molar-refractivity contribution in [1.82, 2.24) is 0 Å². The molecule has 0 radical (unpaired) electrons. The summed E-state index contributed by atoms with van der Waals surface area (Å²) in [5.41, 5.74) is -0.444. The van der Waals surface area contributed by atoms with Crippen molar-refractivity contribution >= 4 is 17.3 Å². The lowest BCUT2D eigenvalue weighted by Gasteiger charge is -2.09. The summed E-state index contributed by atoms with van der Waals surface area (Å²) in [7, 11) is 1.55. The fourth-order valence-electron chi connectivity index (χ4n) is 2.60. The zero-order valence-electron chi connectivity index (χ0n) is 16.7. The Balaban J connectivity index is 1.65. The van der Waals surface area contributed by atoms with Crippen molar-refractivity contribution in [2.45, 2.75) is 13.0 Å². The number of methoxy groups -OCH3 is 1. The van der Waals surface area contributed by atoms with Crippen LogP contribution in [0, 0.1) is 10.1 Å². The second-order valence-electron chi connectivity index (χ2n) is 6.36. The van der Waals surface area contributed by atoms with Gasteiger partial charge in [0, 0.05) is 12.1 Å². The Hall–Kier alpha value is -4.15. The number of carbonyl (C=O) groups is 1. The SMILES string of the molecule is COc1ccc(OCc2ccc(C(=O)Nc3cc(OCC(F)F)cc([N+](=O)[O-])c3)o2)cc1. The van der Waals surface area contributed by atoms with Crippen molar-refractivity contribution < 1.29 is 37.1 Å². The maximum absolute atomic E-state index is 12.4. The van der Waals surface area contributed by atoms with E-state index in [1.54, 1.807) is 37.4 Å². The molecule has 1 heterocycles. The van der Waals surface area contributed by atoms with Crippen LogP contribution < -0.4 is 19.5 Å². The van der Waals surface area contributed by atoms with Gasteiger partial charge in [-0.1, -0.05) is 0 Å². The maximum atomic E-state index is 12.4. The van der Waals surface area contributed by atoms with Crippen molar-refractivity contribution in [2.24, 2.45) is 0 Å². The molecule has 0 fully saturated rings. The molecule has 32 heavy (non-hydrogen) atoms. The third-order valence-corrected chi connectivity index (χ3v) is 4.06. The zero-order chi connectivity index (χ0) is 23.1. The van der Waals surface area contributed by atoms with Crippen LogP contribution in [0.3, 0.4) is 0 Å². The van der Waals surface area contributed by atoms with Crippen LogP contribution in [-0.4, -0.2) is 31.0 Å². The number of nitrogens with one attached hydrogen (secondary N) is 1. The number of hydrogen-bond acceptors (Lipinski definition) is 7. The number of ether oxygens (including phenoxy) is 3. The quantitative estimate of drug-likeness (QED) is 0.354. The van der Waals surface area contributed by atoms with Crippen LogP contribution >= 0.6 is 0 Å². The predicted molar refractivity (Wildman–Crippen MR) is 109 cm³/mol. The van der Waals surface area contributed by atoms with Gasteiger partial charge >= 0.3 is 0 Å². The number of nitro groups is 1. The normalized spacial score (nSPS) is 10.6. The number of carbonyl (C=O) groups excluding carboxylic acids is 1. The van der Waals surface area contributed by atoms with Gasteiger partial charge in [-0.3, -0.25) is 14.9 Å². The maximum Gasteiger partial charge on any atom is 0.291 e. The van der Waals surface area contributed by atoms with Crippen molar-refractivity contribution in [3.8, 4) is 17.2 Å². The molecule has 0 saturated carbocycles. The smallest absolute Gasteiger partial charge is 0.291 e. The summed E-state index contributed by atoms with van der Waals surface area (Å²) in [6.45, 7) is -0.883. The van der Waals surface area contributed by atoms with Gasteiger partial charge in [0.2, 0.25) is 0 Å². The van der Waals surface area contributed by atoms with Crippen LogP contribution in [0.4, 0.5) is 20.2 Å². The minimum atomic E-state index is -2.76. The predicted octanol–water partition coefficient (Wildman–Crippen LogP) is 4.67. The largest absolute Gasteiger partial charge is 0.497 e. The first-order chi connectivity index (χ1) is 15.3. The molecule has 3 rings (SSSR count). The van der Waals surface area contributed by atoms with E-state index in [2.05, 4.69) is 5.32 Å². The number of hydrogen-bond donors (Lipinski definition) is 1. The van der Waals surface area contributed by atoms with E-state index in [0.717, 1.165) is 12.1 Å². The van der Waals surface area contributed by atoms with E-state index in [9.17, 15) is 23.7 Å². The number of anilines is 1. The molecule has 3 aromatic rings. The van der Waals surface area contributed by atoms with Crippen molar-refractivity contribution in [3.05, 3.63) is 76.2 Å². The number of benzene rings is 2. The summed E-state index contributed by atoms with van der Waals surface area (Å²) in [4.78, 5) is 22.8. The molecular formula is C21H18F2N2O7. The first-order valence-electron chi connectivity index (χ1n) is 9.21. The zero-order valence-corrected chi connectivity index (χ0v) is 16.7. The first-order valence-corrected chi connectivity index (χ1v) is 9.21. The van der Waals surface area contributed by atoms with Gasteiger partial charge in [-0.2, -0.15) is 0 Å². The molecule has 168 valence electrons. The van der Waals surface area contributed by atoms with E-state index in [1.165, 1.54) is 12.1 Å². The monoisotopic (exact) mass is 448 g/mol. The number of halogens is 2. The fourth-order valence-corrected chi connectivity index (χ4v) is 2.60. The molecule has 0 atom stereocenters. The van der Waals surface area contributed by atoms with E-state index in [-0.39, 0.29) is 23.8 Å². The van der Waals surface area contributed by atoms with E-state index in [4.69, 9.17) is 18.6 Å². The number of furan rings is 1. The van der Waals surface area contributed by atoms with Crippen LogP contribution in [0.15, 0.2) is 59.0 Å². The topological polar surface area (TPSA) is 113 Å². The Labute approximate surface area is 180 Å². The standard InChI is InChI=1S/C21H18F2N2O7/c1-29-15-2-4-16(5-3-15)30-11-17-6-7-19(32-17)21(26)24-13-8-14(25(27)28)10-18(9-13)31-12-20(22)23/h2-10,20H,11-12H2,1H3,(H,24,26). The molecule has 0 unspecified atom stereocenters. The highest BCUT2D eigenvalue weighted by atomic mass is 19.3. The molecule has 11 heteroatoms. The Morgan fingerprint density at radius 3 is 2.44 bits per heavy atom. The average molecular weight is 448 g/mol. The number of amides is 1. The highest BCUT2D eigenvalue weighted by Gasteiger charge is 2.17. The van der Waals surface area contributed by atoms with E-state index >= 15 is 0 Å². The molecular weight excluding hydrogens is 430 g/mol. The second kappa shape index (κ2) is 10.2. The summed E-state index contributed by atoms with van der Waals surface area (Å²) >= 11 is 0. The average Bonchev–Trinajstić information content (AvgIpc) is 3.26. The summed E-state index contributed by atoms with van der Waals surface area (Å²) in [5, 5.41) is 13.5. The van der Waals surface area contributed by atoms with Gasteiger partial charge in [-0.25, -0.2) is 8.78 Å². The first kappa shape index (κ1) is 22.5. The lowest BCUT2D eigenvalue weighted by Crippen LogP contribution is -2.12. The third kappa shape index (κ3) is 6.17. The van der Waals surface area contributed by atoms with Gasteiger partial charge in [-0.05, 0) is 36.4 Å². The second-order valence-corrected chi connectivity index (χ2v) is 6.36. The van der Waals surface area contributed by atoms with Gasteiger partial charge < -0.3 is 23.9 Å². The third-order valence-electron chi connectivity index (χ3n) is 4.06. The number of non-ortho nitro benzene ring substituents is 1. The molecule has 0 bridgehead atoms. The Kier molecular flexibility index (Phi) is 7.21. The number of nitrogens with zero attached hydrogens (tertiary/aromatic N) is 1. The molecule has 0 aliphatic carbocycles. The Morgan fingerprint density at radius 1 is 1.06 bits per heavy atom. The molecule has 0 aliphatic heterocycles. The minimum Gasteiger partial charge on any atom is -0.497 e. The lowest BCUT2D eigenvalue weighted by atomic mass is 10.2. The fraction of sp³-hybridized carbons (Fsp3) is 0.190. The van der Waals surface area contributed by atoms with Crippen molar-refractivity contribution in [2.75, 3.05) is 19.0 Å². The molecule has 9 nitrogen and oxygen atoms in total. The summed E-state index contributed by atoms with van der Waals surface area (Å²) in [5.74, 6) is 0.675. The highest BCUT2D eigenvalue weighted by Crippen LogP contribution is 2.27. The van der Waals surface area contributed by atoms with Crippen LogP contribution in [0.25, 0.3) is 0 Å². The molecule has 0 aliphatic rings. The summed E-state index contributed by atoms with van der Waals surface area (Å²) in [6, 6.07) is 13.1. The van der Waals surface area contributed by atoms with Crippen molar-refractivity contribution in [1.29, 1.82) is 0 Å². The van der Waals surface area contributed by atoms with Crippen molar-refractivity contribution in [3.63, 3.8) is 0 Å². The molecule has 0 saturated heterocycles. The van der Waals surface area contributed by atoms with Gasteiger partial charge in [0.25, 0.3) is 18.0 Å². The van der Waals surface area contributed by atoms with E-state index in [0.29, 0.717) is 17.3 Å². The number of rotatable bonds is 10.